The fourth-order valence-electron chi connectivity index (χ4n) is 3.93. The van der Waals surface area contributed by atoms with Crippen LogP contribution in [0, 0.1) is 0 Å². The Morgan fingerprint density at radius 2 is 2.00 bits per heavy atom. The van der Waals surface area contributed by atoms with Crippen LogP contribution < -0.4 is 5.32 Å². The number of amides is 1. The fourth-order valence-corrected chi connectivity index (χ4v) is 3.93. The van der Waals surface area contributed by atoms with Gasteiger partial charge in [-0.15, -0.1) is 0 Å². The number of carbonyl (C=O) groups excluding carboxylic acids is 1. The van der Waals surface area contributed by atoms with Crippen LogP contribution in [0.5, 0.6) is 0 Å². The molecular weight excluding hydrogens is 342 g/mol. The molecule has 1 amide bonds. The average Bonchev–Trinajstić information content (AvgIpc) is 3.21. The van der Waals surface area contributed by atoms with Crippen molar-refractivity contribution in [1.29, 1.82) is 0 Å². The molecule has 3 heterocycles. The molecule has 1 aromatic heterocycles. The summed E-state index contributed by atoms with van der Waals surface area (Å²) in [5.41, 5.74) is 2.25. The highest BCUT2D eigenvalue weighted by molar-refractivity contribution is 5.91. The molecule has 0 spiro atoms. The van der Waals surface area contributed by atoms with Gasteiger partial charge in [-0.2, -0.15) is 0 Å². The topological polar surface area (TPSA) is 67.6 Å². The minimum Gasteiger partial charge on any atom is -0.379 e. The Labute approximate surface area is 159 Å². The molecule has 144 valence electrons. The van der Waals surface area contributed by atoms with Crippen molar-refractivity contribution in [3.05, 3.63) is 53.4 Å². The Bertz CT molecular complexity index is 732. The molecule has 0 aliphatic carbocycles. The third-order valence-electron chi connectivity index (χ3n) is 5.50. The lowest BCUT2D eigenvalue weighted by molar-refractivity contribution is 0.0608. The van der Waals surface area contributed by atoms with Gasteiger partial charge in [0.1, 0.15) is 0 Å². The monoisotopic (exact) mass is 369 g/mol. The zero-order chi connectivity index (χ0) is 18.5. The van der Waals surface area contributed by atoms with Gasteiger partial charge in [-0.25, -0.2) is 0 Å². The number of benzene rings is 1. The van der Waals surface area contributed by atoms with Gasteiger partial charge in [-0.1, -0.05) is 35.5 Å². The first kappa shape index (κ1) is 18.2. The maximum absolute atomic E-state index is 12.4. The quantitative estimate of drug-likeness (QED) is 0.878. The predicted molar refractivity (Wildman–Crippen MR) is 102 cm³/mol. The minimum absolute atomic E-state index is 0.0704. The molecular formula is C21H27N3O3. The Kier molecular flexibility index (Phi) is 5.84. The van der Waals surface area contributed by atoms with Crippen molar-refractivity contribution in [1.82, 2.24) is 15.4 Å². The summed E-state index contributed by atoms with van der Waals surface area (Å²) in [6.07, 6.45) is 4.01. The van der Waals surface area contributed by atoms with E-state index >= 15 is 0 Å². The fraction of sp³-hybridized carbons (Fsp3) is 0.524. The third-order valence-corrected chi connectivity index (χ3v) is 5.50. The van der Waals surface area contributed by atoms with E-state index in [1.54, 1.807) is 0 Å². The number of rotatable bonds is 5. The number of likely N-dealkylation sites (tertiary alicyclic amines) is 1. The van der Waals surface area contributed by atoms with Crippen LogP contribution in [0.3, 0.4) is 0 Å². The van der Waals surface area contributed by atoms with Crippen LogP contribution in [0.25, 0.3) is 0 Å². The van der Waals surface area contributed by atoms with Crippen LogP contribution in [-0.4, -0.2) is 48.3 Å². The Balaban J connectivity index is 1.28. The van der Waals surface area contributed by atoms with Gasteiger partial charge in [-0.05, 0) is 44.3 Å². The second-order valence-electron chi connectivity index (χ2n) is 7.54. The van der Waals surface area contributed by atoms with Gasteiger partial charge in [0.15, 0.2) is 0 Å². The molecule has 6 nitrogen and oxygen atoms in total. The summed E-state index contributed by atoms with van der Waals surface area (Å²) < 4.78 is 10.7. The Hall–Kier alpha value is -2.18. The summed E-state index contributed by atoms with van der Waals surface area (Å²) in [6, 6.07) is 12.5. The van der Waals surface area contributed by atoms with Gasteiger partial charge in [-0.3, -0.25) is 9.69 Å². The van der Waals surface area contributed by atoms with E-state index in [9.17, 15) is 4.79 Å². The van der Waals surface area contributed by atoms with E-state index in [1.807, 2.05) is 6.07 Å². The second kappa shape index (κ2) is 8.67. The summed E-state index contributed by atoms with van der Waals surface area (Å²) in [7, 11) is 0. The first-order valence-corrected chi connectivity index (χ1v) is 9.89. The summed E-state index contributed by atoms with van der Waals surface area (Å²) in [5.74, 6) is 0.480. The van der Waals surface area contributed by atoms with Crippen LogP contribution in [0.15, 0.2) is 40.9 Å². The van der Waals surface area contributed by atoms with Crippen LogP contribution in [0.2, 0.25) is 0 Å². The number of piperidine rings is 1. The Morgan fingerprint density at radius 3 is 2.74 bits per heavy atom. The molecule has 2 aromatic rings. The standard InChI is InChI=1S/C21H27N3O3/c25-21(22-18-7-4-12-26-15-18)20-13-19(23-27-20)17-8-10-24(11-9-17)14-16-5-2-1-3-6-16/h1-3,5-6,13,17-18H,4,7-12,14-15H2,(H,22,25). The zero-order valence-electron chi connectivity index (χ0n) is 15.6. The largest absolute Gasteiger partial charge is 0.379 e. The van der Waals surface area contributed by atoms with Crippen molar-refractivity contribution >= 4 is 5.91 Å². The first-order chi connectivity index (χ1) is 13.3. The number of nitrogens with one attached hydrogen (secondary N) is 1. The van der Waals surface area contributed by atoms with Gasteiger partial charge in [0, 0.05) is 25.1 Å². The van der Waals surface area contributed by atoms with Crippen molar-refractivity contribution in [3.63, 3.8) is 0 Å². The minimum atomic E-state index is -0.189. The lowest BCUT2D eigenvalue weighted by Gasteiger charge is -2.31. The normalized spacial score (nSPS) is 21.9. The van der Waals surface area contributed by atoms with Crippen LogP contribution in [-0.2, 0) is 11.3 Å². The molecule has 1 N–H and O–H groups in total. The molecule has 2 fully saturated rings. The maximum Gasteiger partial charge on any atom is 0.290 e. The molecule has 2 aliphatic heterocycles. The number of ether oxygens (including phenoxy) is 1. The molecule has 1 unspecified atom stereocenters. The smallest absolute Gasteiger partial charge is 0.290 e. The number of hydrogen-bond donors (Lipinski definition) is 1. The van der Waals surface area contributed by atoms with Gasteiger partial charge in [0.05, 0.1) is 18.3 Å². The van der Waals surface area contributed by atoms with Crippen LogP contribution >= 0.6 is 0 Å². The highest BCUT2D eigenvalue weighted by Crippen LogP contribution is 2.28. The van der Waals surface area contributed by atoms with Gasteiger partial charge in [0.25, 0.3) is 5.91 Å². The molecule has 27 heavy (non-hydrogen) atoms. The summed E-state index contributed by atoms with van der Waals surface area (Å²) >= 11 is 0. The average molecular weight is 369 g/mol. The predicted octanol–water partition coefficient (Wildman–Crippen LogP) is 2.96. The molecule has 0 saturated carbocycles. The molecule has 2 aliphatic rings. The number of nitrogens with zero attached hydrogens (tertiary/aromatic N) is 2. The van der Waals surface area contributed by atoms with Crippen molar-refractivity contribution in [2.24, 2.45) is 0 Å². The Morgan fingerprint density at radius 1 is 1.19 bits per heavy atom. The molecule has 0 bridgehead atoms. The molecule has 4 rings (SSSR count). The van der Waals surface area contributed by atoms with Gasteiger partial charge < -0.3 is 14.6 Å². The third kappa shape index (κ3) is 4.76. The highest BCUT2D eigenvalue weighted by Gasteiger charge is 2.25. The number of aromatic nitrogens is 1. The van der Waals surface area contributed by atoms with Gasteiger partial charge >= 0.3 is 0 Å². The van der Waals surface area contributed by atoms with E-state index < -0.39 is 0 Å². The molecule has 1 aromatic carbocycles. The van der Waals surface area contributed by atoms with Crippen LogP contribution in [0.1, 0.15) is 53.4 Å². The van der Waals surface area contributed by atoms with E-state index in [1.165, 1.54) is 5.56 Å². The van der Waals surface area contributed by atoms with E-state index in [0.29, 0.717) is 18.3 Å². The SMILES string of the molecule is O=C(NC1CCCOC1)c1cc(C2CCN(Cc3ccccc3)CC2)no1. The zero-order valence-corrected chi connectivity index (χ0v) is 15.6. The highest BCUT2D eigenvalue weighted by atomic mass is 16.5. The maximum atomic E-state index is 12.4. The van der Waals surface area contributed by atoms with Gasteiger partial charge in [0.2, 0.25) is 5.76 Å². The molecule has 1 atom stereocenters. The molecule has 0 radical (unpaired) electrons. The van der Waals surface area contributed by atoms with E-state index in [2.05, 4.69) is 45.7 Å². The van der Waals surface area contributed by atoms with E-state index in [4.69, 9.17) is 9.26 Å². The van der Waals surface area contributed by atoms with E-state index in [-0.39, 0.29) is 11.9 Å². The van der Waals surface area contributed by atoms with Crippen LogP contribution in [0.4, 0.5) is 0 Å². The van der Waals surface area contributed by atoms with Crippen molar-refractivity contribution in [2.75, 3.05) is 26.3 Å². The molecule has 2 saturated heterocycles. The van der Waals surface area contributed by atoms with Crippen molar-refractivity contribution < 1.29 is 14.1 Å². The number of hydrogen-bond acceptors (Lipinski definition) is 5. The second-order valence-corrected chi connectivity index (χ2v) is 7.54. The lowest BCUT2D eigenvalue weighted by atomic mass is 9.93. The first-order valence-electron chi connectivity index (χ1n) is 9.89. The summed E-state index contributed by atoms with van der Waals surface area (Å²) in [6.45, 7) is 4.42. The van der Waals surface area contributed by atoms with E-state index in [0.717, 1.165) is 57.6 Å². The molecule has 6 heteroatoms. The summed E-state index contributed by atoms with van der Waals surface area (Å²) in [5, 5.41) is 7.16. The van der Waals surface area contributed by atoms with Crippen molar-refractivity contribution in [3.8, 4) is 0 Å². The van der Waals surface area contributed by atoms with Crippen molar-refractivity contribution in [2.45, 2.75) is 44.2 Å². The lowest BCUT2D eigenvalue weighted by Crippen LogP contribution is -2.40. The number of carbonyl (C=O) groups is 1. The summed E-state index contributed by atoms with van der Waals surface area (Å²) in [4.78, 5) is 14.8.